The minimum atomic E-state index is -0.860. The van der Waals surface area contributed by atoms with Gasteiger partial charge in [-0.1, -0.05) is 27.7 Å². The number of hydrogen-bond donors (Lipinski definition) is 2. The molecule has 0 saturated heterocycles. The molecule has 4 N–H and O–H groups in total. The van der Waals surface area contributed by atoms with Gasteiger partial charge in [0.05, 0.1) is 5.54 Å². The molecule has 114 valence electrons. The molecule has 0 aliphatic heterocycles. The van der Waals surface area contributed by atoms with Crippen molar-refractivity contribution in [2.75, 3.05) is 19.6 Å². The fraction of sp³-hybridized carbons (Fsp3) is 0.933. The van der Waals surface area contributed by atoms with Crippen molar-refractivity contribution in [3.63, 3.8) is 0 Å². The van der Waals surface area contributed by atoms with Crippen molar-refractivity contribution < 1.29 is 4.79 Å². The summed E-state index contributed by atoms with van der Waals surface area (Å²) < 4.78 is 0. The molecule has 4 heteroatoms. The molecule has 19 heavy (non-hydrogen) atoms. The number of nitrogens with zero attached hydrogens (tertiary/aromatic N) is 1. The van der Waals surface area contributed by atoms with E-state index in [2.05, 4.69) is 32.6 Å². The third kappa shape index (κ3) is 9.00. The van der Waals surface area contributed by atoms with Crippen LogP contribution in [0.4, 0.5) is 0 Å². The predicted molar refractivity (Wildman–Crippen MR) is 81.8 cm³/mol. The van der Waals surface area contributed by atoms with Gasteiger partial charge in [-0.05, 0) is 44.6 Å². The quantitative estimate of drug-likeness (QED) is 0.597. The number of hydrogen-bond acceptors (Lipinski definition) is 3. The van der Waals surface area contributed by atoms with E-state index < -0.39 is 11.4 Å². The highest BCUT2D eigenvalue weighted by molar-refractivity contribution is 5.83. The summed E-state index contributed by atoms with van der Waals surface area (Å²) in [5.74, 6) is 0.960. The van der Waals surface area contributed by atoms with Crippen LogP contribution in [0.3, 0.4) is 0 Å². The van der Waals surface area contributed by atoms with Crippen LogP contribution in [0.2, 0.25) is 0 Å². The van der Waals surface area contributed by atoms with Crippen LogP contribution in [0.25, 0.3) is 0 Å². The Morgan fingerprint density at radius 2 is 1.58 bits per heavy atom. The summed E-state index contributed by atoms with van der Waals surface area (Å²) >= 11 is 0. The number of unbranched alkanes of at least 4 members (excludes halogenated alkanes) is 1. The zero-order valence-corrected chi connectivity index (χ0v) is 13.4. The summed E-state index contributed by atoms with van der Waals surface area (Å²) in [6.45, 7) is 14.0. The Kier molecular flexibility index (Phi) is 8.26. The minimum absolute atomic E-state index is 0.409. The first-order valence-electron chi connectivity index (χ1n) is 7.46. The lowest BCUT2D eigenvalue weighted by Crippen LogP contribution is -2.49. The second-order valence-corrected chi connectivity index (χ2v) is 6.79. The molecule has 0 radical (unpaired) electrons. The maximum absolute atomic E-state index is 11.1. The van der Waals surface area contributed by atoms with Crippen LogP contribution in [-0.4, -0.2) is 36.0 Å². The highest BCUT2D eigenvalue weighted by Gasteiger charge is 2.24. The zero-order valence-electron chi connectivity index (χ0n) is 13.4. The van der Waals surface area contributed by atoms with Gasteiger partial charge in [0.25, 0.3) is 0 Å². The van der Waals surface area contributed by atoms with E-state index in [1.54, 1.807) is 6.92 Å². The van der Waals surface area contributed by atoms with Gasteiger partial charge >= 0.3 is 0 Å². The maximum atomic E-state index is 11.1. The molecule has 0 saturated carbocycles. The summed E-state index contributed by atoms with van der Waals surface area (Å²) in [7, 11) is 0. The molecule has 1 unspecified atom stereocenters. The number of amides is 1. The van der Waals surface area contributed by atoms with Gasteiger partial charge in [0.15, 0.2) is 0 Å². The molecule has 0 spiro atoms. The number of carbonyl (C=O) groups is 1. The normalized spacial score (nSPS) is 15.2. The number of carbonyl (C=O) groups excluding carboxylic acids is 1. The Balaban J connectivity index is 4.02. The molecule has 0 bridgehead atoms. The van der Waals surface area contributed by atoms with E-state index in [-0.39, 0.29) is 0 Å². The van der Waals surface area contributed by atoms with Crippen LogP contribution in [0.1, 0.15) is 53.9 Å². The third-order valence-corrected chi connectivity index (χ3v) is 3.23. The topological polar surface area (TPSA) is 72.3 Å². The molecule has 0 fully saturated rings. The van der Waals surface area contributed by atoms with Crippen molar-refractivity contribution in [1.29, 1.82) is 0 Å². The number of nitrogens with two attached hydrogens (primary N) is 2. The van der Waals surface area contributed by atoms with Crippen LogP contribution in [0, 0.1) is 11.8 Å². The molecule has 0 aromatic rings. The molecule has 0 rings (SSSR count). The van der Waals surface area contributed by atoms with Gasteiger partial charge < -0.3 is 16.4 Å². The summed E-state index contributed by atoms with van der Waals surface area (Å²) in [6, 6.07) is 0. The highest BCUT2D eigenvalue weighted by atomic mass is 16.1. The second-order valence-electron chi connectivity index (χ2n) is 6.79. The van der Waals surface area contributed by atoms with E-state index in [1.807, 2.05) is 0 Å². The average Bonchev–Trinajstić information content (AvgIpc) is 2.22. The lowest BCUT2D eigenvalue weighted by atomic mass is 9.95. The molecule has 0 aliphatic carbocycles. The van der Waals surface area contributed by atoms with Crippen LogP contribution in [0.5, 0.6) is 0 Å². The first-order valence-corrected chi connectivity index (χ1v) is 7.46. The fourth-order valence-electron chi connectivity index (χ4n) is 2.24. The van der Waals surface area contributed by atoms with Gasteiger partial charge in [0.2, 0.25) is 5.91 Å². The summed E-state index contributed by atoms with van der Waals surface area (Å²) in [5.41, 5.74) is 10.3. The van der Waals surface area contributed by atoms with Crippen LogP contribution < -0.4 is 11.5 Å². The van der Waals surface area contributed by atoms with Crippen LogP contribution in [0.15, 0.2) is 0 Å². The lowest BCUT2D eigenvalue weighted by molar-refractivity contribution is -0.122. The molecule has 0 aromatic heterocycles. The van der Waals surface area contributed by atoms with E-state index in [4.69, 9.17) is 11.5 Å². The van der Waals surface area contributed by atoms with Crippen molar-refractivity contribution in [3.05, 3.63) is 0 Å². The van der Waals surface area contributed by atoms with E-state index in [0.29, 0.717) is 18.3 Å². The van der Waals surface area contributed by atoms with Crippen molar-refractivity contribution in [3.8, 4) is 0 Å². The Labute approximate surface area is 118 Å². The predicted octanol–water partition coefficient (Wildman–Crippen LogP) is 1.97. The minimum Gasteiger partial charge on any atom is -0.368 e. The monoisotopic (exact) mass is 271 g/mol. The van der Waals surface area contributed by atoms with Gasteiger partial charge in [-0.15, -0.1) is 0 Å². The van der Waals surface area contributed by atoms with E-state index in [0.717, 1.165) is 32.5 Å². The molecule has 0 heterocycles. The first kappa shape index (κ1) is 18.4. The highest BCUT2D eigenvalue weighted by Crippen LogP contribution is 2.12. The average molecular weight is 271 g/mol. The Bertz CT molecular complexity index is 252. The van der Waals surface area contributed by atoms with Gasteiger partial charge in [-0.25, -0.2) is 0 Å². The summed E-state index contributed by atoms with van der Waals surface area (Å²) in [4.78, 5) is 13.6. The third-order valence-electron chi connectivity index (χ3n) is 3.23. The van der Waals surface area contributed by atoms with Gasteiger partial charge in [-0.3, -0.25) is 4.79 Å². The van der Waals surface area contributed by atoms with Crippen molar-refractivity contribution >= 4 is 5.91 Å². The van der Waals surface area contributed by atoms with E-state index in [1.165, 1.54) is 0 Å². The second kappa shape index (κ2) is 8.54. The first-order chi connectivity index (χ1) is 8.65. The van der Waals surface area contributed by atoms with Crippen molar-refractivity contribution in [2.45, 2.75) is 59.4 Å². The van der Waals surface area contributed by atoms with Crippen molar-refractivity contribution in [2.24, 2.45) is 23.3 Å². The Morgan fingerprint density at radius 1 is 1.11 bits per heavy atom. The molecule has 0 aliphatic rings. The molecule has 1 atom stereocenters. The summed E-state index contributed by atoms with van der Waals surface area (Å²) in [5, 5.41) is 0. The molecular formula is C15H33N3O. The molecular weight excluding hydrogens is 238 g/mol. The number of primary amides is 1. The maximum Gasteiger partial charge on any atom is 0.237 e. The summed E-state index contributed by atoms with van der Waals surface area (Å²) in [6.07, 6.45) is 2.68. The van der Waals surface area contributed by atoms with Gasteiger partial charge in [-0.2, -0.15) is 0 Å². The zero-order chi connectivity index (χ0) is 15.1. The smallest absolute Gasteiger partial charge is 0.237 e. The Morgan fingerprint density at radius 3 is 1.95 bits per heavy atom. The fourth-order valence-corrected chi connectivity index (χ4v) is 2.24. The van der Waals surface area contributed by atoms with Crippen molar-refractivity contribution in [1.82, 2.24) is 4.90 Å². The lowest BCUT2D eigenvalue weighted by Gasteiger charge is -2.27. The van der Waals surface area contributed by atoms with Crippen LogP contribution in [-0.2, 0) is 4.79 Å². The molecule has 0 aromatic carbocycles. The number of rotatable bonds is 10. The van der Waals surface area contributed by atoms with Gasteiger partial charge in [0.1, 0.15) is 0 Å². The standard InChI is InChI=1S/C15H33N3O/c1-12(2)10-18(11-13(3)4)9-7-6-8-15(5,17)14(16)19/h12-13H,6-11,17H2,1-5H3,(H2,16,19). The molecule has 4 nitrogen and oxygen atoms in total. The Hall–Kier alpha value is -0.610. The van der Waals surface area contributed by atoms with Crippen LogP contribution >= 0.6 is 0 Å². The van der Waals surface area contributed by atoms with E-state index >= 15 is 0 Å². The SMILES string of the molecule is CC(C)CN(CCCCC(C)(N)C(N)=O)CC(C)C. The molecule has 1 amide bonds. The van der Waals surface area contributed by atoms with Gasteiger partial charge in [0, 0.05) is 13.1 Å². The largest absolute Gasteiger partial charge is 0.368 e. The van der Waals surface area contributed by atoms with E-state index in [9.17, 15) is 4.79 Å².